The number of aliphatic carboxylic acids is 1. The van der Waals surface area contributed by atoms with Crippen LogP contribution in [0.2, 0.25) is 0 Å². The van der Waals surface area contributed by atoms with E-state index in [-0.39, 0.29) is 11.8 Å². The predicted octanol–water partition coefficient (Wildman–Crippen LogP) is 2.90. The number of rotatable bonds is 4. The fraction of sp³-hybridized carbons (Fsp3) is 0.417. The van der Waals surface area contributed by atoms with E-state index < -0.39 is 5.97 Å². The lowest BCUT2D eigenvalue weighted by Crippen LogP contribution is -2.18. The summed E-state index contributed by atoms with van der Waals surface area (Å²) in [5.41, 5.74) is 0.898. The van der Waals surface area contributed by atoms with Gasteiger partial charge in [-0.25, -0.2) is 0 Å². The van der Waals surface area contributed by atoms with E-state index in [1.165, 1.54) is 0 Å². The lowest BCUT2D eigenvalue weighted by Gasteiger charge is -2.18. The summed E-state index contributed by atoms with van der Waals surface area (Å²) in [4.78, 5) is 11.1. The third-order valence-corrected chi connectivity index (χ3v) is 2.64. The van der Waals surface area contributed by atoms with Crippen molar-refractivity contribution < 1.29 is 9.90 Å². The zero-order chi connectivity index (χ0) is 10.6. The predicted molar refractivity (Wildman–Crippen MR) is 56.3 cm³/mol. The van der Waals surface area contributed by atoms with Crippen LogP contribution in [-0.2, 0) is 4.79 Å². The third kappa shape index (κ3) is 2.34. The molecule has 0 saturated carbocycles. The topological polar surface area (TPSA) is 37.3 Å². The molecule has 0 heterocycles. The number of carboxylic acid groups (broad SMARTS) is 1. The average molecular weight is 192 g/mol. The fourth-order valence-corrected chi connectivity index (χ4v) is 1.61. The van der Waals surface area contributed by atoms with Crippen LogP contribution in [0.15, 0.2) is 30.3 Å². The molecule has 0 bridgehead atoms. The molecule has 0 fully saturated rings. The lowest BCUT2D eigenvalue weighted by atomic mass is 9.86. The van der Waals surface area contributed by atoms with Gasteiger partial charge in [0.2, 0.25) is 0 Å². The van der Waals surface area contributed by atoms with E-state index >= 15 is 0 Å². The Morgan fingerprint density at radius 2 is 1.93 bits per heavy atom. The Morgan fingerprint density at radius 3 is 2.36 bits per heavy atom. The van der Waals surface area contributed by atoms with Gasteiger partial charge in [0, 0.05) is 0 Å². The van der Waals surface area contributed by atoms with E-state index in [2.05, 4.69) is 0 Å². The minimum atomic E-state index is -0.731. The van der Waals surface area contributed by atoms with Gasteiger partial charge >= 0.3 is 5.97 Å². The first-order chi connectivity index (χ1) is 6.66. The summed E-state index contributed by atoms with van der Waals surface area (Å²) in [6, 6.07) is 9.43. The Balaban J connectivity index is 2.95. The molecule has 1 aromatic carbocycles. The average Bonchev–Trinajstić information content (AvgIpc) is 2.19. The lowest BCUT2D eigenvalue weighted by molar-refractivity contribution is -0.140. The number of carbonyl (C=O) groups is 1. The molecule has 0 aliphatic rings. The summed E-state index contributed by atoms with van der Waals surface area (Å²) in [6.07, 6.45) is 0.881. The van der Waals surface area contributed by atoms with Crippen molar-refractivity contribution in [3.8, 4) is 0 Å². The molecule has 0 unspecified atom stereocenters. The molecule has 0 radical (unpaired) electrons. The van der Waals surface area contributed by atoms with Crippen molar-refractivity contribution in [2.24, 2.45) is 5.92 Å². The molecule has 0 aliphatic carbocycles. The van der Waals surface area contributed by atoms with Crippen LogP contribution in [0.5, 0.6) is 0 Å². The first-order valence-corrected chi connectivity index (χ1v) is 4.94. The molecule has 0 aliphatic heterocycles. The molecule has 2 heteroatoms. The standard InChI is InChI=1S/C12H16O2/c1-3-9(2)11(12(13)14)10-7-5-4-6-8-10/h4-9,11H,3H2,1-2H3,(H,13,14)/t9-,11-/m1/s1. The molecule has 2 atom stereocenters. The summed E-state index contributed by atoms with van der Waals surface area (Å²) in [5.74, 6) is -0.929. The fourth-order valence-electron chi connectivity index (χ4n) is 1.61. The number of benzene rings is 1. The second-order valence-electron chi connectivity index (χ2n) is 3.61. The van der Waals surface area contributed by atoms with Crippen molar-refractivity contribution in [1.82, 2.24) is 0 Å². The van der Waals surface area contributed by atoms with Gasteiger partial charge in [0.05, 0.1) is 5.92 Å². The molecule has 0 saturated heterocycles. The van der Waals surface area contributed by atoms with E-state index in [1.807, 2.05) is 44.2 Å². The highest BCUT2D eigenvalue weighted by Crippen LogP contribution is 2.26. The summed E-state index contributed by atoms with van der Waals surface area (Å²) in [6.45, 7) is 4.00. The van der Waals surface area contributed by atoms with Crippen LogP contribution in [0, 0.1) is 5.92 Å². The van der Waals surface area contributed by atoms with Gasteiger partial charge in [-0.05, 0) is 11.5 Å². The molecular weight excluding hydrogens is 176 g/mol. The highest BCUT2D eigenvalue weighted by Gasteiger charge is 2.24. The molecule has 0 spiro atoms. The quantitative estimate of drug-likeness (QED) is 0.796. The van der Waals surface area contributed by atoms with Crippen LogP contribution in [0.4, 0.5) is 0 Å². The van der Waals surface area contributed by atoms with Gasteiger partial charge in [-0.15, -0.1) is 0 Å². The number of carboxylic acids is 1. The SMILES string of the molecule is CC[C@@H](C)[C@@H](C(=O)O)c1ccccc1. The molecule has 1 aromatic rings. The van der Waals surface area contributed by atoms with Crippen LogP contribution in [-0.4, -0.2) is 11.1 Å². The van der Waals surface area contributed by atoms with Crippen molar-refractivity contribution >= 4 is 5.97 Å². The third-order valence-electron chi connectivity index (χ3n) is 2.64. The molecule has 0 amide bonds. The van der Waals surface area contributed by atoms with E-state index in [0.717, 1.165) is 12.0 Å². The van der Waals surface area contributed by atoms with Gasteiger partial charge in [0.1, 0.15) is 0 Å². The first-order valence-electron chi connectivity index (χ1n) is 4.94. The van der Waals surface area contributed by atoms with Crippen LogP contribution >= 0.6 is 0 Å². The second-order valence-corrected chi connectivity index (χ2v) is 3.61. The van der Waals surface area contributed by atoms with Gasteiger partial charge in [-0.2, -0.15) is 0 Å². The van der Waals surface area contributed by atoms with Crippen molar-refractivity contribution in [1.29, 1.82) is 0 Å². The highest BCUT2D eigenvalue weighted by molar-refractivity contribution is 5.76. The first kappa shape index (κ1) is 10.8. The maximum Gasteiger partial charge on any atom is 0.311 e. The van der Waals surface area contributed by atoms with Gasteiger partial charge < -0.3 is 5.11 Å². The van der Waals surface area contributed by atoms with Crippen LogP contribution in [0.1, 0.15) is 31.7 Å². The molecule has 1 rings (SSSR count). The molecule has 2 nitrogen and oxygen atoms in total. The zero-order valence-electron chi connectivity index (χ0n) is 8.60. The number of hydrogen-bond donors (Lipinski definition) is 1. The van der Waals surface area contributed by atoms with Gasteiger partial charge in [0.15, 0.2) is 0 Å². The molecule has 76 valence electrons. The number of hydrogen-bond acceptors (Lipinski definition) is 1. The highest BCUT2D eigenvalue weighted by atomic mass is 16.4. The minimum absolute atomic E-state index is 0.176. The molecule has 14 heavy (non-hydrogen) atoms. The maximum atomic E-state index is 11.1. The molecule has 0 aromatic heterocycles. The Morgan fingerprint density at radius 1 is 1.36 bits per heavy atom. The molecule has 1 N–H and O–H groups in total. The smallest absolute Gasteiger partial charge is 0.311 e. The van der Waals surface area contributed by atoms with E-state index in [0.29, 0.717) is 0 Å². The normalized spacial score (nSPS) is 14.7. The van der Waals surface area contributed by atoms with E-state index in [4.69, 9.17) is 5.11 Å². The largest absolute Gasteiger partial charge is 0.481 e. The summed E-state index contributed by atoms with van der Waals surface area (Å²) in [7, 11) is 0. The summed E-state index contributed by atoms with van der Waals surface area (Å²) >= 11 is 0. The Kier molecular flexibility index (Phi) is 3.69. The van der Waals surface area contributed by atoms with Crippen molar-refractivity contribution in [3.63, 3.8) is 0 Å². The minimum Gasteiger partial charge on any atom is -0.481 e. The van der Waals surface area contributed by atoms with Crippen molar-refractivity contribution in [2.75, 3.05) is 0 Å². The van der Waals surface area contributed by atoms with Crippen LogP contribution in [0.25, 0.3) is 0 Å². The summed E-state index contributed by atoms with van der Waals surface area (Å²) < 4.78 is 0. The maximum absolute atomic E-state index is 11.1. The Hall–Kier alpha value is -1.31. The summed E-state index contributed by atoms with van der Waals surface area (Å²) in [5, 5.41) is 9.13. The van der Waals surface area contributed by atoms with Crippen LogP contribution < -0.4 is 0 Å². The van der Waals surface area contributed by atoms with Crippen LogP contribution in [0.3, 0.4) is 0 Å². The van der Waals surface area contributed by atoms with Crippen molar-refractivity contribution in [3.05, 3.63) is 35.9 Å². The van der Waals surface area contributed by atoms with Gasteiger partial charge in [-0.3, -0.25) is 4.79 Å². The van der Waals surface area contributed by atoms with Crippen molar-refractivity contribution in [2.45, 2.75) is 26.2 Å². The van der Waals surface area contributed by atoms with Gasteiger partial charge in [-0.1, -0.05) is 50.6 Å². The molecular formula is C12H16O2. The van der Waals surface area contributed by atoms with E-state index in [1.54, 1.807) is 0 Å². The van der Waals surface area contributed by atoms with E-state index in [9.17, 15) is 4.79 Å². The zero-order valence-corrected chi connectivity index (χ0v) is 8.60. The Labute approximate surface area is 84.6 Å². The second kappa shape index (κ2) is 4.80. The Bertz CT molecular complexity index is 292. The van der Waals surface area contributed by atoms with Gasteiger partial charge in [0.25, 0.3) is 0 Å². The monoisotopic (exact) mass is 192 g/mol.